The average molecular weight is 689 g/mol. The second kappa shape index (κ2) is 11.9. The monoisotopic (exact) mass is 687 g/mol. The Morgan fingerprint density at radius 3 is 2.25 bits per heavy atom. The van der Waals surface area contributed by atoms with Crippen LogP contribution in [0.3, 0.4) is 0 Å². The van der Waals surface area contributed by atoms with E-state index in [0.717, 1.165) is 0 Å². The summed E-state index contributed by atoms with van der Waals surface area (Å²) in [5, 5.41) is 25.7. The van der Waals surface area contributed by atoms with Gasteiger partial charge in [0.15, 0.2) is 11.0 Å². The van der Waals surface area contributed by atoms with Crippen LogP contribution in [-0.4, -0.2) is 48.9 Å². The molecule has 4 aromatic rings. The number of carbonyl (C=O) groups is 2. The van der Waals surface area contributed by atoms with Crippen LogP contribution in [0.25, 0.3) is 0 Å². The van der Waals surface area contributed by atoms with Crippen LogP contribution in [0.5, 0.6) is 0 Å². The predicted octanol–water partition coefficient (Wildman–Crippen LogP) is 7.65. The first-order valence-electron chi connectivity index (χ1n) is 16.1. The molecule has 7 atom stereocenters. The van der Waals surface area contributed by atoms with Crippen molar-refractivity contribution in [3.63, 3.8) is 0 Å². The van der Waals surface area contributed by atoms with Crippen molar-refractivity contribution in [2.45, 2.75) is 73.5 Å². The number of nitrogens with zero attached hydrogens (tertiary/aromatic N) is 2. The Balaban J connectivity index is 1.64. The number of pyridine rings is 1. The third-order valence-electron chi connectivity index (χ3n) is 11.0. The molecule has 7 rings (SSSR count). The minimum absolute atomic E-state index is 0.0501. The molecule has 1 saturated carbocycles. The smallest absolute Gasteiger partial charge is 0.321 e. The zero-order valence-corrected chi connectivity index (χ0v) is 28.0. The van der Waals surface area contributed by atoms with Crippen molar-refractivity contribution in [2.24, 2.45) is 5.41 Å². The number of benzene rings is 3. The van der Waals surface area contributed by atoms with E-state index in [9.17, 15) is 15.0 Å². The number of amides is 1. The van der Waals surface area contributed by atoms with Gasteiger partial charge in [0.05, 0.1) is 23.1 Å². The highest BCUT2D eigenvalue weighted by Crippen LogP contribution is 2.70. The number of aromatic nitrogens is 1. The summed E-state index contributed by atoms with van der Waals surface area (Å²) < 4.78 is 16.5. The third kappa shape index (κ3) is 4.64. The van der Waals surface area contributed by atoms with Crippen molar-refractivity contribution in [3.05, 3.63) is 130 Å². The molecule has 7 nitrogen and oxygen atoms in total. The second-order valence-electron chi connectivity index (χ2n) is 14.0. The van der Waals surface area contributed by atoms with E-state index in [0.29, 0.717) is 41.6 Å². The van der Waals surface area contributed by atoms with Crippen LogP contribution in [0.4, 0.5) is 10.1 Å². The molecule has 3 N–H and O–H groups in total. The van der Waals surface area contributed by atoms with Crippen molar-refractivity contribution in [3.8, 4) is 0 Å². The van der Waals surface area contributed by atoms with Crippen molar-refractivity contribution < 1.29 is 24.2 Å². The van der Waals surface area contributed by atoms with Gasteiger partial charge >= 0.3 is 5.97 Å². The van der Waals surface area contributed by atoms with E-state index in [1.807, 2.05) is 48.5 Å². The Kier molecular flexibility index (Phi) is 8.14. The number of para-hydroxylation sites is 1. The maximum Gasteiger partial charge on any atom is 0.321 e. The molecule has 2 fully saturated rings. The lowest BCUT2D eigenvalue weighted by molar-refractivity contribution is -0.149. The first-order valence-corrected chi connectivity index (χ1v) is 16.9. The number of anilines is 1. The molecule has 3 aliphatic rings. The van der Waals surface area contributed by atoms with Crippen LogP contribution in [0.1, 0.15) is 73.4 Å². The third-order valence-corrected chi connectivity index (χ3v) is 11.7. The van der Waals surface area contributed by atoms with Crippen LogP contribution in [0.2, 0.25) is 5.15 Å². The number of likely N-dealkylation sites (tertiary alicyclic amines) is 1. The van der Waals surface area contributed by atoms with Crippen LogP contribution >= 0.6 is 23.2 Å². The Morgan fingerprint density at radius 1 is 0.979 bits per heavy atom. The number of aliphatic hydroxyl groups is 1. The molecule has 3 aromatic carbocycles. The van der Waals surface area contributed by atoms with Gasteiger partial charge in [0.1, 0.15) is 11.5 Å². The zero-order chi connectivity index (χ0) is 34.0. The van der Waals surface area contributed by atoms with Gasteiger partial charge < -0.3 is 15.5 Å². The first-order chi connectivity index (χ1) is 23.0. The lowest BCUT2D eigenvalue weighted by Gasteiger charge is -2.58. The first kappa shape index (κ1) is 32.7. The van der Waals surface area contributed by atoms with E-state index in [1.165, 1.54) is 12.3 Å². The lowest BCUT2D eigenvalue weighted by atomic mass is 9.52. The van der Waals surface area contributed by atoms with Gasteiger partial charge in [0.25, 0.3) is 0 Å². The van der Waals surface area contributed by atoms with Gasteiger partial charge in [-0.3, -0.25) is 14.5 Å². The lowest BCUT2D eigenvalue weighted by Crippen LogP contribution is -2.68. The van der Waals surface area contributed by atoms with Crippen molar-refractivity contribution in [2.75, 3.05) is 5.32 Å². The fourth-order valence-electron chi connectivity index (χ4n) is 9.05. The molecule has 48 heavy (non-hydrogen) atoms. The normalized spacial score (nSPS) is 29.0. The molecular formula is C38H36Cl2FN3O4. The fraction of sp³-hybridized carbons (Fsp3) is 0.342. The van der Waals surface area contributed by atoms with Gasteiger partial charge in [0.2, 0.25) is 5.91 Å². The average Bonchev–Trinajstić information content (AvgIpc) is 3.51. The SMILES string of the molecule is CC1(C)CCC2(C(Cl)C1)N([C@H](c1ccccc1)[C@@H](O)c1ccccc1)[C@@H](C(=O)O)[C@H](c1ccnc(Cl)c1F)C21C(=O)Nc2ccccc21. The summed E-state index contributed by atoms with van der Waals surface area (Å²) in [5.41, 5.74) is -1.23. The minimum atomic E-state index is -1.72. The molecule has 1 amide bonds. The van der Waals surface area contributed by atoms with Gasteiger partial charge in [-0.25, -0.2) is 9.37 Å². The molecule has 3 unspecified atom stereocenters. The molecule has 1 saturated heterocycles. The summed E-state index contributed by atoms with van der Waals surface area (Å²) in [6.45, 7) is 4.21. The number of hydrogen-bond acceptors (Lipinski definition) is 5. The standard InChI is InChI=1S/C38H36Cl2FN3O4/c1-36(2)18-19-37(27(39)21-36)38(25-15-9-10-16-26(25)43-35(38)48)28(24-17-20-42-33(40)29(24)41)31(34(46)47)44(37)30(22-11-5-3-6-12-22)32(45)23-13-7-4-8-14-23/h3-17,20,27-28,30-32,45H,18-19,21H2,1-2H3,(H,43,48)(H,46,47)/t27?,28-,30+,31+,32-,37?,38?/m0/s1. The summed E-state index contributed by atoms with van der Waals surface area (Å²) in [6, 6.07) is 24.2. The van der Waals surface area contributed by atoms with E-state index in [2.05, 4.69) is 24.1 Å². The summed E-state index contributed by atoms with van der Waals surface area (Å²) in [6.07, 6.45) is 1.39. The summed E-state index contributed by atoms with van der Waals surface area (Å²) >= 11 is 14.0. The predicted molar refractivity (Wildman–Crippen MR) is 183 cm³/mol. The maximum atomic E-state index is 16.5. The number of fused-ring (bicyclic) bond motifs is 3. The number of nitrogens with one attached hydrogen (secondary N) is 1. The minimum Gasteiger partial charge on any atom is -0.480 e. The topological polar surface area (TPSA) is 103 Å². The molecular weight excluding hydrogens is 652 g/mol. The highest BCUT2D eigenvalue weighted by molar-refractivity contribution is 6.29. The quantitative estimate of drug-likeness (QED) is 0.142. The van der Waals surface area contributed by atoms with Gasteiger partial charge in [-0.2, -0.15) is 0 Å². The van der Waals surface area contributed by atoms with Gasteiger partial charge in [-0.1, -0.05) is 104 Å². The number of alkyl halides is 1. The zero-order valence-electron chi connectivity index (χ0n) is 26.5. The molecule has 10 heteroatoms. The van der Waals surface area contributed by atoms with E-state index >= 15 is 9.18 Å². The van der Waals surface area contributed by atoms with Crippen molar-refractivity contribution >= 4 is 40.8 Å². The van der Waals surface area contributed by atoms with Crippen molar-refractivity contribution in [1.29, 1.82) is 0 Å². The molecule has 248 valence electrons. The maximum absolute atomic E-state index is 16.5. The Hall–Kier alpha value is -3.82. The number of carboxylic acid groups (broad SMARTS) is 1. The number of halogens is 3. The number of aliphatic carboxylic acids is 1. The Labute approximate surface area is 288 Å². The molecule has 3 heterocycles. The number of hydrogen-bond donors (Lipinski definition) is 3. The summed E-state index contributed by atoms with van der Waals surface area (Å²) in [5.74, 6) is -3.97. The van der Waals surface area contributed by atoms with Gasteiger partial charge in [0, 0.05) is 17.8 Å². The van der Waals surface area contributed by atoms with Crippen LogP contribution in [-0.2, 0) is 15.0 Å². The van der Waals surface area contributed by atoms with Crippen molar-refractivity contribution in [1.82, 2.24) is 9.88 Å². The van der Waals surface area contributed by atoms with Gasteiger partial charge in [-0.05, 0) is 59.1 Å². The molecule has 1 aromatic heterocycles. The van der Waals surface area contributed by atoms with Crippen LogP contribution < -0.4 is 5.32 Å². The summed E-state index contributed by atoms with van der Waals surface area (Å²) in [4.78, 5) is 34.8. The largest absolute Gasteiger partial charge is 0.480 e. The van der Waals surface area contributed by atoms with E-state index in [1.54, 1.807) is 41.3 Å². The molecule has 2 spiro atoms. The van der Waals surface area contributed by atoms with Gasteiger partial charge in [-0.15, -0.1) is 11.6 Å². The molecule has 0 radical (unpaired) electrons. The Bertz CT molecular complexity index is 1880. The number of rotatable bonds is 6. The molecule has 0 bridgehead atoms. The Morgan fingerprint density at radius 2 is 1.60 bits per heavy atom. The number of aliphatic hydroxyl groups excluding tert-OH is 1. The number of carbonyl (C=O) groups excluding carboxylic acids is 1. The molecule has 1 aliphatic carbocycles. The van der Waals surface area contributed by atoms with Crippen LogP contribution in [0.15, 0.2) is 97.2 Å². The molecule has 2 aliphatic heterocycles. The van der Waals surface area contributed by atoms with E-state index < -0.39 is 63.3 Å². The van der Waals surface area contributed by atoms with Crippen LogP contribution in [0, 0.1) is 11.2 Å². The highest BCUT2D eigenvalue weighted by Gasteiger charge is 2.79. The van der Waals surface area contributed by atoms with E-state index in [-0.39, 0.29) is 11.0 Å². The number of carboxylic acids is 1. The fourth-order valence-corrected chi connectivity index (χ4v) is 10.0. The van der Waals surface area contributed by atoms with E-state index in [4.69, 9.17) is 23.2 Å². The highest BCUT2D eigenvalue weighted by atomic mass is 35.5. The second-order valence-corrected chi connectivity index (χ2v) is 14.8. The summed E-state index contributed by atoms with van der Waals surface area (Å²) in [7, 11) is 0.